The van der Waals surface area contributed by atoms with E-state index in [1.54, 1.807) is 0 Å². The summed E-state index contributed by atoms with van der Waals surface area (Å²) in [5, 5.41) is 8.77. The number of benzene rings is 2. The van der Waals surface area contributed by atoms with Crippen molar-refractivity contribution in [3.8, 4) is 5.75 Å². The van der Waals surface area contributed by atoms with E-state index in [4.69, 9.17) is 5.11 Å². The highest BCUT2D eigenvalue weighted by Gasteiger charge is 2.40. The molecule has 0 heterocycles. The lowest BCUT2D eigenvalue weighted by molar-refractivity contribution is -0.136. The van der Waals surface area contributed by atoms with E-state index in [2.05, 4.69) is 4.52 Å². The highest BCUT2D eigenvalue weighted by Crippen LogP contribution is 2.58. The second-order valence-corrected chi connectivity index (χ2v) is 6.82. The van der Waals surface area contributed by atoms with E-state index in [9.17, 15) is 36.2 Å². The summed E-state index contributed by atoms with van der Waals surface area (Å²) in [4.78, 5) is 20.5. The molecule has 2 atom stereocenters. The Morgan fingerprint density at radius 3 is 2.35 bits per heavy atom. The first-order valence-electron chi connectivity index (χ1n) is 6.83. The first-order chi connectivity index (χ1) is 12.0. The van der Waals surface area contributed by atoms with Crippen LogP contribution in [0.15, 0.2) is 30.3 Å². The summed E-state index contributed by atoms with van der Waals surface area (Å²) in [6, 6.07) is 4.83. The van der Waals surface area contributed by atoms with E-state index in [1.165, 1.54) is 18.2 Å². The molecule has 2 unspecified atom stereocenters. The predicted octanol–water partition coefficient (Wildman–Crippen LogP) is 4.10. The average molecular weight is 396 g/mol. The maximum absolute atomic E-state index is 14.3. The van der Waals surface area contributed by atoms with Crippen molar-refractivity contribution in [2.75, 3.05) is 0 Å². The van der Waals surface area contributed by atoms with Gasteiger partial charge < -0.3 is 14.5 Å². The Bertz CT molecular complexity index is 904. The van der Waals surface area contributed by atoms with Crippen LogP contribution in [0.25, 0.3) is 0 Å². The van der Waals surface area contributed by atoms with Gasteiger partial charge in [-0.3, -0.25) is 4.79 Å². The van der Waals surface area contributed by atoms with Gasteiger partial charge in [-0.25, -0.2) is 26.5 Å². The predicted molar refractivity (Wildman–Crippen MR) is 78.4 cm³/mol. The lowest BCUT2D eigenvalue weighted by atomic mass is 10.1. The number of carbonyl (C=O) groups is 1. The van der Waals surface area contributed by atoms with Crippen molar-refractivity contribution in [2.24, 2.45) is 0 Å². The van der Waals surface area contributed by atoms with Crippen LogP contribution >= 0.6 is 7.60 Å². The third kappa shape index (κ3) is 4.03. The number of carboxylic acids is 1. The maximum Gasteiger partial charge on any atom is 0.415 e. The van der Waals surface area contributed by atoms with E-state index >= 15 is 0 Å². The Morgan fingerprint density at radius 2 is 1.73 bits per heavy atom. The fraction of sp³-hybridized carbons (Fsp3) is 0.133. The van der Waals surface area contributed by atoms with Crippen LogP contribution in [0.4, 0.5) is 22.0 Å². The van der Waals surface area contributed by atoms with Gasteiger partial charge in [-0.05, 0) is 12.1 Å². The monoisotopic (exact) mass is 396 g/mol. The largest absolute Gasteiger partial charge is 0.481 e. The number of halogens is 5. The van der Waals surface area contributed by atoms with E-state index in [-0.39, 0.29) is 11.6 Å². The molecule has 0 aliphatic carbocycles. The molecular formula is C15H10F5O5P. The highest BCUT2D eigenvalue weighted by molar-refractivity contribution is 7.53. The van der Waals surface area contributed by atoms with Crippen LogP contribution in [0.5, 0.6) is 5.75 Å². The fourth-order valence-electron chi connectivity index (χ4n) is 2.03. The molecule has 0 amide bonds. The van der Waals surface area contributed by atoms with Crippen LogP contribution in [0.1, 0.15) is 17.0 Å². The van der Waals surface area contributed by atoms with Gasteiger partial charge in [0.1, 0.15) is 5.75 Å². The minimum absolute atomic E-state index is 0.0987. The molecule has 0 saturated carbocycles. The van der Waals surface area contributed by atoms with Gasteiger partial charge in [-0.15, -0.1) is 0 Å². The number of carboxylic acid groups (broad SMARTS) is 1. The molecule has 26 heavy (non-hydrogen) atoms. The number of hydrogen-bond donors (Lipinski definition) is 2. The first kappa shape index (κ1) is 19.9. The van der Waals surface area contributed by atoms with Crippen molar-refractivity contribution >= 4 is 13.6 Å². The van der Waals surface area contributed by atoms with Crippen LogP contribution < -0.4 is 4.52 Å². The normalized spacial score (nSPS) is 14.5. The van der Waals surface area contributed by atoms with Crippen molar-refractivity contribution in [3.05, 3.63) is 64.7 Å². The van der Waals surface area contributed by atoms with Gasteiger partial charge in [-0.1, -0.05) is 18.2 Å². The molecular weight excluding hydrogens is 386 g/mol. The molecule has 140 valence electrons. The van der Waals surface area contributed by atoms with E-state index in [1.807, 2.05) is 0 Å². The quantitative estimate of drug-likeness (QED) is 0.333. The maximum atomic E-state index is 14.3. The Labute approximate surface area is 143 Å². The highest BCUT2D eigenvalue weighted by atomic mass is 31.2. The van der Waals surface area contributed by atoms with Crippen LogP contribution in [0.3, 0.4) is 0 Å². The standard InChI is InChI=1S/C15H10F5O5P/c16-9-6-8(12(17)14(19)13(9)18)15(20)26(23,24)25-10-4-2-1-3-7(10)5-11(21)22/h1-4,6,15H,5H2,(H,21,22)(H,23,24). The van der Waals surface area contributed by atoms with Gasteiger partial charge in [0.05, 0.1) is 6.42 Å². The number of aliphatic carboxylic acids is 1. The van der Waals surface area contributed by atoms with Crippen molar-refractivity contribution < 1.29 is 45.8 Å². The van der Waals surface area contributed by atoms with Gasteiger partial charge in [0.15, 0.2) is 23.3 Å². The van der Waals surface area contributed by atoms with Crippen LogP contribution in [-0.4, -0.2) is 16.0 Å². The Balaban J connectivity index is 2.40. The Hall–Kier alpha value is -2.45. The van der Waals surface area contributed by atoms with Gasteiger partial charge in [-0.2, -0.15) is 0 Å². The molecule has 0 aromatic heterocycles. The van der Waals surface area contributed by atoms with E-state index < -0.39 is 60.5 Å². The third-order valence-corrected chi connectivity index (χ3v) is 4.53. The van der Waals surface area contributed by atoms with Crippen molar-refractivity contribution in [1.29, 1.82) is 0 Å². The molecule has 2 N–H and O–H groups in total. The zero-order valence-electron chi connectivity index (χ0n) is 12.6. The summed E-state index contributed by atoms with van der Waals surface area (Å²) >= 11 is 0. The average Bonchev–Trinajstić information content (AvgIpc) is 2.56. The van der Waals surface area contributed by atoms with Crippen molar-refractivity contribution in [3.63, 3.8) is 0 Å². The van der Waals surface area contributed by atoms with Crippen LogP contribution in [-0.2, 0) is 15.8 Å². The summed E-state index contributed by atoms with van der Waals surface area (Å²) in [6.45, 7) is 0. The molecule has 5 nitrogen and oxygen atoms in total. The smallest absolute Gasteiger partial charge is 0.415 e. The van der Waals surface area contributed by atoms with Crippen molar-refractivity contribution in [1.82, 2.24) is 0 Å². The number of rotatable bonds is 6. The van der Waals surface area contributed by atoms with Gasteiger partial charge in [0.2, 0.25) is 5.91 Å². The lowest BCUT2D eigenvalue weighted by Crippen LogP contribution is -2.08. The van der Waals surface area contributed by atoms with E-state index in [0.29, 0.717) is 0 Å². The molecule has 0 saturated heterocycles. The molecule has 0 aliphatic rings. The summed E-state index contributed by atoms with van der Waals surface area (Å²) in [7, 11) is -5.43. The topological polar surface area (TPSA) is 83.8 Å². The molecule has 11 heteroatoms. The van der Waals surface area contributed by atoms with E-state index in [0.717, 1.165) is 6.07 Å². The van der Waals surface area contributed by atoms with Crippen molar-refractivity contribution in [2.45, 2.75) is 12.3 Å². The second kappa shape index (κ2) is 7.43. The number of hydrogen-bond acceptors (Lipinski definition) is 3. The molecule has 0 bridgehead atoms. The van der Waals surface area contributed by atoms with Gasteiger partial charge >= 0.3 is 13.6 Å². The zero-order chi connectivity index (χ0) is 19.6. The summed E-state index contributed by atoms with van der Waals surface area (Å²) in [5.41, 5.74) is -1.65. The number of para-hydroxylation sites is 1. The number of alkyl halides is 1. The summed E-state index contributed by atoms with van der Waals surface area (Å²) in [5.74, 6) is -13.8. The van der Waals surface area contributed by atoms with Gasteiger partial charge in [0, 0.05) is 11.1 Å². The Kier molecular flexibility index (Phi) is 5.68. The molecule has 2 aromatic rings. The molecule has 0 fully saturated rings. The molecule has 2 rings (SSSR count). The minimum atomic E-state index is -5.43. The summed E-state index contributed by atoms with van der Waals surface area (Å²) < 4.78 is 83.9. The molecule has 0 aliphatic heterocycles. The molecule has 2 aromatic carbocycles. The minimum Gasteiger partial charge on any atom is -0.481 e. The van der Waals surface area contributed by atoms with Gasteiger partial charge in [0.25, 0.3) is 0 Å². The summed E-state index contributed by atoms with van der Waals surface area (Å²) in [6.07, 6.45) is -0.638. The second-order valence-electron chi connectivity index (χ2n) is 5.06. The third-order valence-electron chi connectivity index (χ3n) is 3.22. The SMILES string of the molecule is O=C(O)Cc1ccccc1OP(=O)(O)C(F)c1cc(F)c(F)c(F)c1F. The molecule has 0 spiro atoms. The lowest BCUT2D eigenvalue weighted by Gasteiger charge is -2.19. The van der Waals surface area contributed by atoms with Crippen LogP contribution in [0, 0.1) is 23.3 Å². The Morgan fingerprint density at radius 1 is 1.12 bits per heavy atom. The van der Waals surface area contributed by atoms with Crippen LogP contribution in [0.2, 0.25) is 0 Å². The zero-order valence-corrected chi connectivity index (χ0v) is 13.5. The first-order valence-corrected chi connectivity index (χ1v) is 8.48. The fourth-order valence-corrected chi connectivity index (χ4v) is 3.12. The molecule has 0 radical (unpaired) electrons.